The van der Waals surface area contributed by atoms with E-state index >= 15 is 0 Å². The number of hydrogen-bond acceptors (Lipinski definition) is 4. The zero-order chi connectivity index (χ0) is 13.0. The highest BCUT2D eigenvalue weighted by Gasteiger charge is 2.21. The van der Waals surface area contributed by atoms with Crippen LogP contribution >= 0.6 is 12.2 Å². The second-order valence-electron chi connectivity index (χ2n) is 3.94. The number of methoxy groups -OCH3 is 2. The molecule has 5 heteroatoms. The summed E-state index contributed by atoms with van der Waals surface area (Å²) in [7, 11) is 3.28. The number of nitrogens with zero attached hydrogens (tertiary/aromatic N) is 1. The Labute approximate surface area is 112 Å². The van der Waals surface area contributed by atoms with Gasteiger partial charge in [0.2, 0.25) is 0 Å². The van der Waals surface area contributed by atoms with Crippen LogP contribution in [0.5, 0.6) is 11.5 Å². The van der Waals surface area contributed by atoms with Crippen molar-refractivity contribution in [2.45, 2.75) is 0 Å². The first-order valence-electron chi connectivity index (χ1n) is 5.86. The normalized spacial score (nSPS) is 15.3. The first-order valence-corrected chi connectivity index (χ1v) is 6.26. The Morgan fingerprint density at radius 2 is 1.72 bits per heavy atom. The Bertz CT molecular complexity index is 408. The van der Waals surface area contributed by atoms with Gasteiger partial charge in [-0.05, 0) is 12.1 Å². The summed E-state index contributed by atoms with van der Waals surface area (Å²) in [4.78, 5) is 2.88. The first kappa shape index (κ1) is 13.1. The maximum absolute atomic E-state index is 5.56. The van der Waals surface area contributed by atoms with Gasteiger partial charge in [0.05, 0.1) is 33.0 Å². The predicted octanol–water partition coefficient (Wildman–Crippen LogP) is 1.71. The van der Waals surface area contributed by atoms with Crippen molar-refractivity contribution >= 4 is 17.2 Å². The van der Waals surface area contributed by atoms with Crippen molar-refractivity contribution in [3.63, 3.8) is 0 Å². The molecule has 18 heavy (non-hydrogen) atoms. The van der Waals surface area contributed by atoms with Gasteiger partial charge in [-0.3, -0.25) is 0 Å². The lowest BCUT2D eigenvalue weighted by molar-refractivity contribution is 0.0692. The van der Waals surface area contributed by atoms with E-state index in [0.717, 1.165) is 35.1 Å². The van der Waals surface area contributed by atoms with Crippen molar-refractivity contribution in [3.8, 4) is 11.5 Å². The monoisotopic (exact) mass is 267 g/mol. The maximum atomic E-state index is 5.56. The molecule has 1 aliphatic heterocycles. The van der Waals surface area contributed by atoms with Crippen LogP contribution in [0.4, 0.5) is 0 Å². The van der Waals surface area contributed by atoms with Crippen LogP contribution in [0.3, 0.4) is 0 Å². The Morgan fingerprint density at radius 1 is 1.17 bits per heavy atom. The molecule has 0 saturated carbocycles. The number of hydrogen-bond donors (Lipinski definition) is 0. The van der Waals surface area contributed by atoms with E-state index in [9.17, 15) is 0 Å². The van der Waals surface area contributed by atoms with Crippen LogP contribution in [0.2, 0.25) is 0 Å². The second-order valence-corrected chi connectivity index (χ2v) is 4.33. The van der Waals surface area contributed by atoms with Crippen LogP contribution in [-0.2, 0) is 4.74 Å². The molecule has 1 aromatic carbocycles. The van der Waals surface area contributed by atoms with Gasteiger partial charge in [-0.25, -0.2) is 0 Å². The summed E-state index contributed by atoms with van der Waals surface area (Å²) >= 11 is 5.56. The highest BCUT2D eigenvalue weighted by molar-refractivity contribution is 7.80. The fourth-order valence-corrected chi connectivity index (χ4v) is 2.37. The molecule has 0 spiro atoms. The molecule has 1 fully saturated rings. The summed E-state index contributed by atoms with van der Waals surface area (Å²) < 4.78 is 16.1. The molecule has 1 aromatic rings. The standard InChI is InChI=1S/C13H17NO3S/c1-15-10-4-3-5-11(16-2)12(10)13(18)14-6-8-17-9-7-14/h3-5H,6-9H2,1-2H3. The quantitative estimate of drug-likeness (QED) is 0.778. The third-order valence-corrected chi connectivity index (χ3v) is 3.40. The SMILES string of the molecule is COc1cccc(OC)c1C(=S)N1CCOCC1. The number of morpholine rings is 1. The summed E-state index contributed by atoms with van der Waals surface area (Å²) in [5, 5.41) is 0. The lowest BCUT2D eigenvalue weighted by Crippen LogP contribution is -2.40. The minimum atomic E-state index is 0.706. The Morgan fingerprint density at radius 3 is 2.22 bits per heavy atom. The minimum Gasteiger partial charge on any atom is -0.496 e. The molecule has 0 atom stereocenters. The van der Waals surface area contributed by atoms with Crippen molar-refractivity contribution in [2.24, 2.45) is 0 Å². The van der Waals surface area contributed by atoms with Gasteiger partial charge in [-0.1, -0.05) is 18.3 Å². The van der Waals surface area contributed by atoms with E-state index in [0.29, 0.717) is 13.2 Å². The topological polar surface area (TPSA) is 30.9 Å². The molecule has 0 aliphatic carbocycles. The summed E-state index contributed by atoms with van der Waals surface area (Å²) in [6.45, 7) is 3.02. The molecule has 0 radical (unpaired) electrons. The average Bonchev–Trinajstić information content (AvgIpc) is 2.46. The highest BCUT2D eigenvalue weighted by Crippen LogP contribution is 2.30. The van der Waals surface area contributed by atoms with Crippen LogP contribution in [0.1, 0.15) is 5.56 Å². The van der Waals surface area contributed by atoms with E-state index in [4.69, 9.17) is 26.4 Å². The Kier molecular flexibility index (Phi) is 4.38. The zero-order valence-corrected chi connectivity index (χ0v) is 11.5. The number of benzene rings is 1. The summed E-state index contributed by atoms with van der Waals surface area (Å²) in [5.41, 5.74) is 0.847. The fraction of sp³-hybridized carbons (Fsp3) is 0.462. The van der Waals surface area contributed by atoms with E-state index in [1.165, 1.54) is 0 Å². The van der Waals surface area contributed by atoms with Gasteiger partial charge in [0.1, 0.15) is 16.5 Å². The van der Waals surface area contributed by atoms with E-state index in [2.05, 4.69) is 4.90 Å². The summed E-state index contributed by atoms with van der Waals surface area (Å²) in [5.74, 6) is 1.48. The molecule has 0 bridgehead atoms. The summed E-state index contributed by atoms with van der Waals surface area (Å²) in [6, 6.07) is 5.68. The van der Waals surface area contributed by atoms with Crippen LogP contribution in [-0.4, -0.2) is 50.4 Å². The van der Waals surface area contributed by atoms with Gasteiger partial charge in [-0.15, -0.1) is 0 Å². The maximum Gasteiger partial charge on any atom is 0.132 e. The van der Waals surface area contributed by atoms with Gasteiger partial charge >= 0.3 is 0 Å². The van der Waals surface area contributed by atoms with Gasteiger partial charge in [0, 0.05) is 13.1 Å². The van der Waals surface area contributed by atoms with E-state index in [-0.39, 0.29) is 0 Å². The molecular formula is C13H17NO3S. The largest absolute Gasteiger partial charge is 0.496 e. The fourth-order valence-electron chi connectivity index (χ4n) is 1.99. The molecule has 1 aliphatic rings. The third kappa shape index (κ3) is 2.57. The molecule has 2 rings (SSSR count). The molecule has 0 amide bonds. The predicted molar refractivity (Wildman–Crippen MR) is 73.6 cm³/mol. The van der Waals surface area contributed by atoms with E-state index < -0.39 is 0 Å². The molecule has 0 unspecified atom stereocenters. The van der Waals surface area contributed by atoms with Crippen LogP contribution in [0.25, 0.3) is 0 Å². The van der Waals surface area contributed by atoms with Crippen LogP contribution in [0, 0.1) is 0 Å². The molecule has 1 heterocycles. The molecule has 0 aromatic heterocycles. The third-order valence-electron chi connectivity index (χ3n) is 2.94. The van der Waals surface area contributed by atoms with Crippen molar-refractivity contribution < 1.29 is 14.2 Å². The van der Waals surface area contributed by atoms with E-state index in [1.54, 1.807) is 14.2 Å². The van der Waals surface area contributed by atoms with Gasteiger partial charge in [0.15, 0.2) is 0 Å². The van der Waals surface area contributed by atoms with Crippen molar-refractivity contribution in [3.05, 3.63) is 23.8 Å². The molecule has 0 N–H and O–H groups in total. The van der Waals surface area contributed by atoms with Gasteiger partial charge in [0.25, 0.3) is 0 Å². The molecular weight excluding hydrogens is 250 g/mol. The zero-order valence-electron chi connectivity index (χ0n) is 10.6. The second kappa shape index (κ2) is 6.02. The van der Waals surface area contributed by atoms with Gasteiger partial charge < -0.3 is 19.1 Å². The highest BCUT2D eigenvalue weighted by atomic mass is 32.1. The number of thiocarbonyl (C=S) groups is 1. The van der Waals surface area contributed by atoms with E-state index in [1.807, 2.05) is 18.2 Å². The van der Waals surface area contributed by atoms with Crippen molar-refractivity contribution in [1.82, 2.24) is 4.90 Å². The first-order chi connectivity index (χ1) is 8.77. The van der Waals surface area contributed by atoms with Gasteiger partial charge in [-0.2, -0.15) is 0 Å². The molecule has 1 saturated heterocycles. The van der Waals surface area contributed by atoms with Crippen LogP contribution in [0.15, 0.2) is 18.2 Å². The minimum absolute atomic E-state index is 0.706. The Balaban J connectivity index is 2.32. The van der Waals surface area contributed by atoms with Crippen molar-refractivity contribution in [2.75, 3.05) is 40.5 Å². The number of ether oxygens (including phenoxy) is 3. The lowest BCUT2D eigenvalue weighted by atomic mass is 10.1. The Hall–Kier alpha value is -1.33. The van der Waals surface area contributed by atoms with Crippen molar-refractivity contribution in [1.29, 1.82) is 0 Å². The van der Waals surface area contributed by atoms with Crippen LogP contribution < -0.4 is 9.47 Å². The average molecular weight is 267 g/mol. The lowest BCUT2D eigenvalue weighted by Gasteiger charge is -2.30. The molecule has 4 nitrogen and oxygen atoms in total. The number of rotatable bonds is 3. The smallest absolute Gasteiger partial charge is 0.132 e. The molecule has 98 valence electrons. The summed E-state index contributed by atoms with van der Waals surface area (Å²) in [6.07, 6.45) is 0.